The van der Waals surface area contributed by atoms with Crippen LogP contribution in [0.2, 0.25) is 0 Å². The number of allylic oxidation sites excluding steroid dienone is 5. The van der Waals surface area contributed by atoms with E-state index in [4.69, 9.17) is 4.74 Å². The van der Waals surface area contributed by atoms with Gasteiger partial charge in [0.1, 0.15) is 0 Å². The summed E-state index contributed by atoms with van der Waals surface area (Å²) in [5.74, 6) is -0.0786. The molecule has 69 heavy (non-hydrogen) atoms. The van der Waals surface area contributed by atoms with Crippen LogP contribution in [0.4, 0.5) is 0 Å². The third-order valence-corrected chi connectivity index (χ3v) is 14.2. The Kier molecular flexibility index (Phi) is 57.0. The van der Waals surface area contributed by atoms with Crippen LogP contribution in [0, 0.1) is 0 Å². The molecule has 6 nitrogen and oxygen atoms in total. The van der Waals surface area contributed by atoms with Crippen molar-refractivity contribution in [3.8, 4) is 0 Å². The predicted molar refractivity (Wildman–Crippen MR) is 301 cm³/mol. The molecule has 0 saturated heterocycles. The number of hydrogen-bond acceptors (Lipinski definition) is 5. The average Bonchev–Trinajstić information content (AvgIpc) is 3.35. The summed E-state index contributed by atoms with van der Waals surface area (Å²) >= 11 is 0. The maximum Gasteiger partial charge on any atom is 0.305 e. The fraction of sp³-hybridized carbons (Fsp3) is 0.873. The van der Waals surface area contributed by atoms with Gasteiger partial charge in [-0.2, -0.15) is 0 Å². The van der Waals surface area contributed by atoms with Crippen molar-refractivity contribution in [2.45, 2.75) is 341 Å². The van der Waals surface area contributed by atoms with E-state index in [2.05, 4.69) is 43.5 Å². The zero-order valence-corrected chi connectivity index (χ0v) is 46.3. The van der Waals surface area contributed by atoms with E-state index in [9.17, 15) is 19.8 Å². The molecule has 0 aliphatic rings. The molecule has 0 fully saturated rings. The van der Waals surface area contributed by atoms with Crippen molar-refractivity contribution in [1.82, 2.24) is 5.32 Å². The smallest absolute Gasteiger partial charge is 0.305 e. The summed E-state index contributed by atoms with van der Waals surface area (Å²) in [5, 5.41) is 23.2. The molecule has 6 heteroatoms. The Bertz CT molecular complexity index is 1120. The second kappa shape index (κ2) is 58.6. The van der Waals surface area contributed by atoms with Crippen molar-refractivity contribution in [1.29, 1.82) is 0 Å². The number of unbranched alkanes of at least 4 members (excludes halogenated alkanes) is 42. The molecule has 0 heterocycles. The maximum atomic E-state index is 12.5. The van der Waals surface area contributed by atoms with Crippen LogP contribution in [0.15, 0.2) is 36.5 Å². The fourth-order valence-electron chi connectivity index (χ4n) is 9.43. The van der Waals surface area contributed by atoms with E-state index in [0.29, 0.717) is 19.4 Å². The van der Waals surface area contributed by atoms with Crippen LogP contribution in [0.3, 0.4) is 0 Å². The molecule has 3 N–H and O–H groups in total. The zero-order chi connectivity index (χ0) is 50.0. The minimum Gasteiger partial charge on any atom is -0.466 e. The number of ether oxygens (including phenoxy) is 1. The number of aliphatic hydroxyl groups excluding tert-OH is 2. The predicted octanol–water partition coefficient (Wildman–Crippen LogP) is 19.2. The minimum atomic E-state index is -0.851. The lowest BCUT2D eigenvalue weighted by atomic mass is 10.0. The molecular weight excluding hydrogens is 851 g/mol. The van der Waals surface area contributed by atoms with Crippen molar-refractivity contribution < 1.29 is 24.5 Å². The van der Waals surface area contributed by atoms with Gasteiger partial charge in [0.05, 0.1) is 25.4 Å². The van der Waals surface area contributed by atoms with Gasteiger partial charge in [-0.05, 0) is 64.2 Å². The molecule has 0 aliphatic heterocycles. The first kappa shape index (κ1) is 67.1. The Morgan fingerprint density at radius 1 is 0.406 bits per heavy atom. The summed E-state index contributed by atoms with van der Waals surface area (Å²) in [7, 11) is 0. The number of rotatable bonds is 57. The Labute approximate surface area is 430 Å². The molecule has 0 aromatic heterocycles. The number of carbonyl (C=O) groups excluding carboxylic acids is 2. The number of amides is 1. The third-order valence-electron chi connectivity index (χ3n) is 14.2. The summed E-state index contributed by atoms with van der Waals surface area (Å²) in [6.45, 7) is 4.88. The van der Waals surface area contributed by atoms with E-state index in [1.54, 1.807) is 6.08 Å². The molecule has 1 amide bonds. The number of aliphatic hydroxyl groups is 2. The van der Waals surface area contributed by atoms with Crippen LogP contribution in [0.1, 0.15) is 328 Å². The first-order chi connectivity index (χ1) is 34.0. The van der Waals surface area contributed by atoms with Gasteiger partial charge in [-0.3, -0.25) is 9.59 Å². The maximum absolute atomic E-state index is 12.5. The Balaban J connectivity index is 3.45. The van der Waals surface area contributed by atoms with Gasteiger partial charge >= 0.3 is 5.97 Å². The molecule has 0 aromatic carbocycles. The second-order valence-electron chi connectivity index (χ2n) is 21.0. The van der Waals surface area contributed by atoms with Crippen LogP contribution < -0.4 is 5.32 Å². The molecule has 0 saturated carbocycles. The van der Waals surface area contributed by atoms with Crippen LogP contribution >= 0.6 is 0 Å². The minimum absolute atomic E-state index is 0.00394. The Hall–Kier alpha value is -1.92. The van der Waals surface area contributed by atoms with Crippen LogP contribution in [-0.2, 0) is 14.3 Å². The van der Waals surface area contributed by atoms with Crippen molar-refractivity contribution in [3.63, 3.8) is 0 Å². The van der Waals surface area contributed by atoms with Gasteiger partial charge in [-0.25, -0.2) is 0 Å². The monoisotopic (exact) mass is 970 g/mol. The molecule has 0 aliphatic carbocycles. The van der Waals surface area contributed by atoms with Crippen LogP contribution in [0.25, 0.3) is 0 Å². The number of hydrogen-bond donors (Lipinski definition) is 3. The lowest BCUT2D eigenvalue weighted by molar-refractivity contribution is -0.143. The average molecular weight is 971 g/mol. The van der Waals surface area contributed by atoms with Gasteiger partial charge in [0, 0.05) is 12.8 Å². The Morgan fingerprint density at radius 2 is 0.725 bits per heavy atom. The summed E-state index contributed by atoms with van der Waals surface area (Å²) in [4.78, 5) is 24.6. The SMILES string of the molecule is CCCCC/C=C\C/C=C\CCCCCCCCCCCC(=O)OCCCCCCCCCCCCCCCCCC(=O)NC(CO)C(O)/C=C/CCCCCCCCCCCCCCCCCC. The van der Waals surface area contributed by atoms with Gasteiger partial charge in [0.15, 0.2) is 0 Å². The van der Waals surface area contributed by atoms with E-state index in [-0.39, 0.29) is 18.5 Å². The van der Waals surface area contributed by atoms with Gasteiger partial charge in [-0.15, -0.1) is 0 Å². The highest BCUT2D eigenvalue weighted by Crippen LogP contribution is 2.17. The van der Waals surface area contributed by atoms with Crippen molar-refractivity contribution >= 4 is 11.9 Å². The first-order valence-corrected chi connectivity index (χ1v) is 30.8. The number of nitrogens with one attached hydrogen (secondary N) is 1. The lowest BCUT2D eigenvalue weighted by Crippen LogP contribution is -2.45. The van der Waals surface area contributed by atoms with Gasteiger partial charge < -0.3 is 20.3 Å². The zero-order valence-electron chi connectivity index (χ0n) is 46.3. The molecule has 0 aromatic rings. The van der Waals surface area contributed by atoms with E-state index in [1.807, 2.05) is 6.08 Å². The largest absolute Gasteiger partial charge is 0.466 e. The normalized spacial score (nSPS) is 12.8. The molecule has 0 radical (unpaired) electrons. The highest BCUT2D eigenvalue weighted by Gasteiger charge is 2.18. The van der Waals surface area contributed by atoms with Gasteiger partial charge in [0.25, 0.3) is 0 Å². The number of carbonyl (C=O) groups is 2. The Morgan fingerprint density at radius 3 is 1.13 bits per heavy atom. The molecule has 0 rings (SSSR count). The standard InChI is InChI=1S/C63H119NO5/c1-3-5-7-9-11-13-15-17-19-21-23-25-29-33-37-41-45-49-53-57-63(68)69-58-54-50-46-42-38-34-30-26-28-32-36-40-44-48-52-56-62(67)64-60(59-65)61(66)55-51-47-43-39-35-31-27-24-22-20-18-16-14-12-10-8-6-4-2/h11,13,17,19,51,55,60-61,65-66H,3-10,12,14-16,18,20-50,52-54,56-59H2,1-2H3,(H,64,67)/b13-11-,19-17-,55-51+. The summed E-state index contributed by atoms with van der Waals surface area (Å²) in [6.07, 6.45) is 73.1. The second-order valence-corrected chi connectivity index (χ2v) is 21.0. The molecule has 0 bridgehead atoms. The lowest BCUT2D eigenvalue weighted by Gasteiger charge is -2.20. The van der Waals surface area contributed by atoms with E-state index < -0.39 is 12.1 Å². The van der Waals surface area contributed by atoms with Gasteiger partial charge in [-0.1, -0.05) is 288 Å². The van der Waals surface area contributed by atoms with Crippen molar-refractivity contribution in [3.05, 3.63) is 36.5 Å². The van der Waals surface area contributed by atoms with E-state index in [0.717, 1.165) is 64.2 Å². The van der Waals surface area contributed by atoms with Crippen molar-refractivity contribution in [2.75, 3.05) is 13.2 Å². The quantitative estimate of drug-likeness (QED) is 0.0321. The summed E-state index contributed by atoms with van der Waals surface area (Å²) < 4.78 is 5.49. The van der Waals surface area contributed by atoms with Crippen LogP contribution in [-0.4, -0.2) is 47.4 Å². The van der Waals surface area contributed by atoms with Gasteiger partial charge in [0.2, 0.25) is 5.91 Å². The van der Waals surface area contributed by atoms with Crippen LogP contribution in [0.5, 0.6) is 0 Å². The van der Waals surface area contributed by atoms with E-state index in [1.165, 1.54) is 238 Å². The van der Waals surface area contributed by atoms with Crippen molar-refractivity contribution in [2.24, 2.45) is 0 Å². The summed E-state index contributed by atoms with van der Waals surface area (Å²) in [5.41, 5.74) is 0. The molecular formula is C63H119NO5. The number of esters is 1. The topological polar surface area (TPSA) is 95.9 Å². The summed E-state index contributed by atoms with van der Waals surface area (Å²) in [6, 6.07) is -0.635. The fourth-order valence-corrected chi connectivity index (χ4v) is 9.43. The highest BCUT2D eigenvalue weighted by molar-refractivity contribution is 5.76. The van der Waals surface area contributed by atoms with E-state index >= 15 is 0 Å². The molecule has 2 unspecified atom stereocenters. The first-order valence-electron chi connectivity index (χ1n) is 30.8. The highest BCUT2D eigenvalue weighted by atomic mass is 16.5. The molecule has 2 atom stereocenters. The third kappa shape index (κ3) is 55.2. The molecule has 0 spiro atoms. The molecule has 406 valence electrons.